The number of nitrogens with one attached hydrogen (secondary N) is 1. The Morgan fingerprint density at radius 2 is 1.81 bits per heavy atom. The molecule has 0 spiro atoms. The van der Waals surface area contributed by atoms with E-state index >= 15 is 0 Å². The topological polar surface area (TPSA) is 64.0 Å². The van der Waals surface area contributed by atoms with Gasteiger partial charge in [0.15, 0.2) is 0 Å². The molecule has 132 valence electrons. The Hall–Kier alpha value is -1.99. The zero-order valence-electron chi connectivity index (χ0n) is 13.7. The van der Waals surface area contributed by atoms with Crippen molar-refractivity contribution < 1.29 is 4.79 Å². The molecule has 1 heterocycles. The summed E-state index contributed by atoms with van der Waals surface area (Å²) >= 11 is 6.79. The molecule has 2 aromatic carbocycles. The van der Waals surface area contributed by atoms with Crippen LogP contribution in [0.5, 0.6) is 0 Å². The molecule has 1 fully saturated rings. The smallest absolute Gasteiger partial charge is 0.261 e. The van der Waals surface area contributed by atoms with Gasteiger partial charge in [0.2, 0.25) is 5.91 Å². The molecule has 1 aliphatic carbocycles. The number of hydrogen-bond donors (Lipinski definition) is 1. The molecule has 0 saturated heterocycles. The van der Waals surface area contributed by atoms with Gasteiger partial charge in [-0.2, -0.15) is 0 Å². The molecule has 1 saturated carbocycles. The minimum atomic E-state index is -0.311. The van der Waals surface area contributed by atoms with Crippen LogP contribution in [-0.2, 0) is 16.9 Å². The number of nitrogens with zero attached hydrogens (tertiary/aromatic N) is 2. The van der Waals surface area contributed by atoms with Crippen molar-refractivity contribution in [3.8, 4) is 0 Å². The summed E-state index contributed by atoms with van der Waals surface area (Å²) in [6.45, 7) is -0.0490. The number of rotatable bonds is 4. The van der Waals surface area contributed by atoms with Gasteiger partial charge in [0.25, 0.3) is 5.56 Å². The van der Waals surface area contributed by atoms with E-state index < -0.39 is 0 Å². The van der Waals surface area contributed by atoms with Crippen molar-refractivity contribution in [1.29, 1.82) is 0 Å². The average molecular weight is 477 g/mol. The molecule has 3 aromatic rings. The first kappa shape index (κ1) is 17.4. The summed E-state index contributed by atoms with van der Waals surface area (Å²) in [7, 11) is 0. The number of hydrogen-bond acceptors (Lipinski definition) is 3. The van der Waals surface area contributed by atoms with Gasteiger partial charge in [0.05, 0.1) is 22.8 Å². The first-order valence-corrected chi connectivity index (χ1v) is 9.77. The Balaban J connectivity index is 1.55. The molecule has 1 aliphatic rings. The highest BCUT2D eigenvalue weighted by molar-refractivity contribution is 9.10. The quantitative estimate of drug-likeness (QED) is 0.624. The van der Waals surface area contributed by atoms with Crippen molar-refractivity contribution >= 4 is 48.7 Å². The highest BCUT2D eigenvalue weighted by Crippen LogP contribution is 2.45. The van der Waals surface area contributed by atoms with Crippen molar-refractivity contribution in [3.63, 3.8) is 0 Å². The zero-order valence-corrected chi connectivity index (χ0v) is 16.9. The molecule has 26 heavy (non-hydrogen) atoms. The molecule has 7 heteroatoms. The molecule has 1 N–H and O–H groups in total. The van der Waals surface area contributed by atoms with Gasteiger partial charge in [0, 0.05) is 8.95 Å². The number of amides is 1. The lowest BCUT2D eigenvalue weighted by atomic mass is 10.1. The van der Waals surface area contributed by atoms with Gasteiger partial charge >= 0.3 is 0 Å². The fraction of sp³-hybridized carbons (Fsp3) is 0.211. The van der Waals surface area contributed by atoms with E-state index in [1.54, 1.807) is 12.1 Å². The number of carbonyl (C=O) groups is 1. The van der Waals surface area contributed by atoms with E-state index in [1.165, 1.54) is 10.9 Å². The Bertz CT molecular complexity index is 1060. The fourth-order valence-electron chi connectivity index (χ4n) is 3.08. The summed E-state index contributed by atoms with van der Waals surface area (Å²) in [6, 6.07) is 13.3. The van der Waals surface area contributed by atoms with Crippen LogP contribution in [0.4, 0.5) is 0 Å². The highest BCUT2D eigenvalue weighted by atomic mass is 79.9. The van der Waals surface area contributed by atoms with Crippen molar-refractivity contribution in [1.82, 2.24) is 14.9 Å². The van der Waals surface area contributed by atoms with Crippen molar-refractivity contribution in [2.75, 3.05) is 0 Å². The Labute approximate surface area is 166 Å². The van der Waals surface area contributed by atoms with Crippen LogP contribution in [0.25, 0.3) is 10.9 Å². The molecule has 4 rings (SSSR count). The number of fused-ring (bicyclic) bond motifs is 1. The van der Waals surface area contributed by atoms with Crippen LogP contribution in [0.1, 0.15) is 18.4 Å². The van der Waals surface area contributed by atoms with Crippen LogP contribution >= 0.6 is 31.9 Å². The van der Waals surface area contributed by atoms with Crippen LogP contribution in [0.2, 0.25) is 0 Å². The molecular formula is C19H15Br2N3O2. The van der Waals surface area contributed by atoms with Crippen LogP contribution in [0.15, 0.2) is 62.5 Å². The number of aromatic nitrogens is 2. The summed E-state index contributed by atoms with van der Waals surface area (Å²) in [5.41, 5.74) is 1.17. The molecule has 5 nitrogen and oxygen atoms in total. The zero-order chi connectivity index (χ0) is 18.3. The molecular weight excluding hydrogens is 462 g/mol. The summed E-state index contributed by atoms with van der Waals surface area (Å²) < 4.78 is 3.16. The third-order valence-corrected chi connectivity index (χ3v) is 5.65. The largest absolute Gasteiger partial charge is 0.345 e. The first-order chi connectivity index (χ1) is 12.5. The minimum Gasteiger partial charge on any atom is -0.345 e. The lowest BCUT2D eigenvalue weighted by Crippen LogP contribution is -2.39. The maximum atomic E-state index is 12.6. The van der Waals surface area contributed by atoms with E-state index in [4.69, 9.17) is 0 Å². The van der Waals surface area contributed by atoms with Gasteiger partial charge in [-0.3, -0.25) is 14.2 Å². The normalized spacial score (nSPS) is 15.0. The van der Waals surface area contributed by atoms with Gasteiger partial charge in [-0.05, 0) is 48.7 Å². The van der Waals surface area contributed by atoms with Crippen LogP contribution in [0, 0.1) is 0 Å². The SMILES string of the molecule is O=C(Cn1cnc2ccc(Br)cc2c1=O)NC1(c2ccc(Br)cc2)CC1. The lowest BCUT2D eigenvalue weighted by Gasteiger charge is -2.18. The molecule has 0 unspecified atom stereocenters. The Kier molecular flexibility index (Phi) is 4.44. The van der Waals surface area contributed by atoms with Crippen LogP contribution < -0.4 is 10.9 Å². The second-order valence-electron chi connectivity index (χ2n) is 6.48. The molecule has 1 aromatic heterocycles. The average Bonchev–Trinajstić information content (AvgIpc) is 3.39. The van der Waals surface area contributed by atoms with E-state index in [-0.39, 0.29) is 23.6 Å². The van der Waals surface area contributed by atoms with Crippen molar-refractivity contribution in [2.45, 2.75) is 24.9 Å². The maximum absolute atomic E-state index is 12.6. The Morgan fingerprint density at radius 1 is 1.12 bits per heavy atom. The van der Waals surface area contributed by atoms with E-state index in [2.05, 4.69) is 42.2 Å². The highest BCUT2D eigenvalue weighted by Gasteiger charge is 2.45. The maximum Gasteiger partial charge on any atom is 0.261 e. The van der Waals surface area contributed by atoms with Gasteiger partial charge < -0.3 is 5.32 Å². The lowest BCUT2D eigenvalue weighted by molar-refractivity contribution is -0.122. The molecule has 0 atom stereocenters. The minimum absolute atomic E-state index is 0.0490. The molecule has 0 bridgehead atoms. The molecule has 1 amide bonds. The van der Waals surface area contributed by atoms with E-state index in [1.807, 2.05) is 30.3 Å². The second kappa shape index (κ2) is 6.63. The fourth-order valence-corrected chi connectivity index (χ4v) is 3.71. The third kappa shape index (κ3) is 3.33. The summed E-state index contributed by atoms with van der Waals surface area (Å²) in [6.07, 6.45) is 3.23. The summed E-state index contributed by atoms with van der Waals surface area (Å²) in [5.74, 6) is -0.191. The second-order valence-corrected chi connectivity index (χ2v) is 8.31. The van der Waals surface area contributed by atoms with Crippen molar-refractivity contribution in [3.05, 3.63) is 73.7 Å². The van der Waals surface area contributed by atoms with Crippen LogP contribution in [0.3, 0.4) is 0 Å². The molecule has 0 aliphatic heterocycles. The Morgan fingerprint density at radius 3 is 2.50 bits per heavy atom. The summed E-state index contributed by atoms with van der Waals surface area (Å²) in [4.78, 5) is 29.4. The summed E-state index contributed by atoms with van der Waals surface area (Å²) in [5, 5.41) is 3.58. The van der Waals surface area contributed by atoms with Gasteiger partial charge in [-0.15, -0.1) is 0 Å². The van der Waals surface area contributed by atoms with Crippen molar-refractivity contribution in [2.24, 2.45) is 0 Å². The van der Waals surface area contributed by atoms with E-state index in [0.717, 1.165) is 27.4 Å². The van der Waals surface area contributed by atoms with Gasteiger partial charge in [0.1, 0.15) is 6.54 Å². The number of halogens is 2. The standard InChI is InChI=1S/C19H15Br2N3O2/c20-13-3-1-12(2-4-13)19(7-8-19)23-17(25)10-24-11-22-16-6-5-14(21)9-15(16)18(24)26/h1-6,9,11H,7-8,10H2,(H,23,25). The first-order valence-electron chi connectivity index (χ1n) is 8.19. The number of benzene rings is 2. The predicted octanol–water partition coefficient (Wildman–Crippen LogP) is 3.73. The monoisotopic (exact) mass is 475 g/mol. The van der Waals surface area contributed by atoms with Crippen LogP contribution in [-0.4, -0.2) is 15.5 Å². The number of carbonyl (C=O) groups excluding carboxylic acids is 1. The third-order valence-electron chi connectivity index (χ3n) is 4.63. The van der Waals surface area contributed by atoms with E-state index in [9.17, 15) is 9.59 Å². The predicted molar refractivity (Wildman–Crippen MR) is 107 cm³/mol. The molecule has 0 radical (unpaired) electrons. The van der Waals surface area contributed by atoms with Gasteiger partial charge in [-0.1, -0.05) is 44.0 Å². The van der Waals surface area contributed by atoms with E-state index in [0.29, 0.717) is 10.9 Å². The van der Waals surface area contributed by atoms with Gasteiger partial charge in [-0.25, -0.2) is 4.98 Å².